The second kappa shape index (κ2) is 11.0. The van der Waals surface area contributed by atoms with E-state index in [-0.39, 0.29) is 17.8 Å². The molecule has 0 saturated heterocycles. The van der Waals surface area contributed by atoms with Crippen molar-refractivity contribution in [2.24, 2.45) is 0 Å². The van der Waals surface area contributed by atoms with E-state index in [2.05, 4.69) is 13.8 Å². The van der Waals surface area contributed by atoms with E-state index in [9.17, 15) is 0 Å². The molecule has 0 amide bonds. The number of hydrogen-bond donors (Lipinski definition) is 0. The molecule has 0 spiro atoms. The Morgan fingerprint density at radius 1 is 1.22 bits per heavy atom. The Morgan fingerprint density at radius 3 is 2.44 bits per heavy atom. The van der Waals surface area contributed by atoms with Crippen molar-refractivity contribution in [3.05, 3.63) is 0 Å². The fourth-order valence-electron chi connectivity index (χ4n) is 1.45. The van der Waals surface area contributed by atoms with Gasteiger partial charge in [0.2, 0.25) is 4.38 Å². The minimum absolute atomic E-state index is 0.0579. The smallest absolute Gasteiger partial charge is 0.222 e. The third-order valence-electron chi connectivity index (χ3n) is 2.31. The summed E-state index contributed by atoms with van der Waals surface area (Å²) >= 11 is 6.62. The summed E-state index contributed by atoms with van der Waals surface area (Å²) in [5, 5.41) is 0. The Labute approximate surface area is 121 Å². The van der Waals surface area contributed by atoms with Crippen molar-refractivity contribution in [1.82, 2.24) is 0 Å². The van der Waals surface area contributed by atoms with Crippen molar-refractivity contribution in [2.45, 2.75) is 71.7 Å². The Hall–Kier alpha value is 0.160. The largest absolute Gasteiger partial charge is 0.476 e. The van der Waals surface area contributed by atoms with Crippen LogP contribution < -0.4 is 0 Å². The molecule has 0 aliphatic heterocycles. The van der Waals surface area contributed by atoms with Gasteiger partial charge in [0, 0.05) is 6.61 Å². The van der Waals surface area contributed by atoms with Gasteiger partial charge in [-0.1, -0.05) is 19.8 Å². The van der Waals surface area contributed by atoms with Crippen LogP contribution in [-0.4, -0.2) is 28.8 Å². The van der Waals surface area contributed by atoms with E-state index in [0.29, 0.717) is 11.0 Å². The molecule has 0 rings (SSSR count). The fourth-order valence-corrected chi connectivity index (χ4v) is 2.72. The Kier molecular flexibility index (Phi) is 11.1. The van der Waals surface area contributed by atoms with Crippen molar-refractivity contribution >= 4 is 28.4 Å². The lowest BCUT2D eigenvalue weighted by atomic mass is 10.2. The van der Waals surface area contributed by atoms with Crippen LogP contribution in [0.1, 0.15) is 53.9 Å². The number of hydrogen-bond acceptors (Lipinski definition) is 5. The standard InChI is InChI=1S/C13H26O3S2/c1-6-8-9-10(3)15-13(17)18-12(5)16-11(4)14-7-2/h10-12H,6-9H2,1-5H3. The van der Waals surface area contributed by atoms with Crippen molar-refractivity contribution in [2.75, 3.05) is 6.61 Å². The first-order valence-corrected chi connectivity index (χ1v) is 7.92. The predicted octanol–water partition coefficient (Wildman–Crippen LogP) is 4.34. The summed E-state index contributed by atoms with van der Waals surface area (Å²) < 4.78 is 17.1. The second-order valence-electron chi connectivity index (χ2n) is 4.17. The molecule has 0 fully saturated rings. The molecule has 0 aromatic rings. The van der Waals surface area contributed by atoms with Gasteiger partial charge in [-0.15, -0.1) is 0 Å². The molecule has 3 nitrogen and oxygen atoms in total. The van der Waals surface area contributed by atoms with Gasteiger partial charge in [0.1, 0.15) is 5.44 Å². The summed E-state index contributed by atoms with van der Waals surface area (Å²) in [6.45, 7) is 10.6. The average Bonchev–Trinajstić information content (AvgIpc) is 2.25. The van der Waals surface area contributed by atoms with Gasteiger partial charge in [0.15, 0.2) is 6.29 Å². The highest BCUT2D eigenvalue weighted by Gasteiger charge is 2.14. The van der Waals surface area contributed by atoms with E-state index < -0.39 is 0 Å². The summed E-state index contributed by atoms with van der Waals surface area (Å²) in [5.41, 5.74) is -0.0579. The summed E-state index contributed by atoms with van der Waals surface area (Å²) in [6, 6.07) is 0. The number of thiocarbonyl (C=S) groups is 1. The molecule has 18 heavy (non-hydrogen) atoms. The van der Waals surface area contributed by atoms with Crippen LogP contribution in [0, 0.1) is 0 Å². The Balaban J connectivity index is 3.79. The van der Waals surface area contributed by atoms with E-state index >= 15 is 0 Å². The van der Waals surface area contributed by atoms with Crippen LogP contribution in [0.3, 0.4) is 0 Å². The normalized spacial score (nSPS) is 16.1. The molecule has 3 atom stereocenters. The first-order chi connectivity index (χ1) is 8.49. The van der Waals surface area contributed by atoms with Gasteiger partial charge in [0.25, 0.3) is 0 Å². The topological polar surface area (TPSA) is 27.7 Å². The van der Waals surface area contributed by atoms with Crippen LogP contribution in [-0.2, 0) is 14.2 Å². The molecule has 108 valence electrons. The third kappa shape index (κ3) is 10.1. The average molecular weight is 294 g/mol. The van der Waals surface area contributed by atoms with Crippen LogP contribution in [0.15, 0.2) is 0 Å². The minimum Gasteiger partial charge on any atom is -0.476 e. The molecule has 0 saturated carbocycles. The zero-order valence-corrected chi connectivity index (χ0v) is 13.7. The maximum Gasteiger partial charge on any atom is 0.222 e. The summed E-state index contributed by atoms with van der Waals surface area (Å²) in [5.74, 6) is 0. The van der Waals surface area contributed by atoms with E-state index in [4.69, 9.17) is 26.4 Å². The molecular weight excluding hydrogens is 268 g/mol. The highest BCUT2D eigenvalue weighted by molar-refractivity contribution is 8.22. The monoisotopic (exact) mass is 294 g/mol. The minimum atomic E-state index is -0.210. The lowest BCUT2D eigenvalue weighted by molar-refractivity contribution is -0.131. The molecule has 0 aromatic carbocycles. The number of thioether (sulfide) groups is 1. The van der Waals surface area contributed by atoms with Crippen LogP contribution in [0.4, 0.5) is 0 Å². The van der Waals surface area contributed by atoms with Crippen molar-refractivity contribution in [1.29, 1.82) is 0 Å². The van der Waals surface area contributed by atoms with E-state index in [0.717, 1.165) is 6.42 Å². The predicted molar refractivity (Wildman–Crippen MR) is 81.9 cm³/mol. The molecule has 0 aromatic heterocycles. The number of unbranched alkanes of at least 4 members (excludes halogenated alkanes) is 1. The van der Waals surface area contributed by atoms with Gasteiger partial charge >= 0.3 is 0 Å². The van der Waals surface area contributed by atoms with Gasteiger partial charge in [-0.2, -0.15) is 0 Å². The summed E-state index contributed by atoms with van der Waals surface area (Å²) in [6.07, 6.45) is 3.36. The van der Waals surface area contributed by atoms with Crippen LogP contribution in [0.5, 0.6) is 0 Å². The van der Waals surface area contributed by atoms with E-state index in [1.54, 1.807) is 0 Å². The zero-order valence-electron chi connectivity index (χ0n) is 12.1. The third-order valence-corrected chi connectivity index (χ3v) is 3.43. The highest BCUT2D eigenvalue weighted by Crippen LogP contribution is 2.19. The van der Waals surface area contributed by atoms with Crippen molar-refractivity contribution < 1.29 is 14.2 Å². The summed E-state index contributed by atoms with van der Waals surface area (Å²) in [7, 11) is 0. The molecule has 0 radical (unpaired) electrons. The zero-order chi connectivity index (χ0) is 14.0. The highest BCUT2D eigenvalue weighted by atomic mass is 32.2. The van der Waals surface area contributed by atoms with Crippen molar-refractivity contribution in [3.63, 3.8) is 0 Å². The second-order valence-corrected chi connectivity index (χ2v) is 6.06. The quantitative estimate of drug-likeness (QED) is 0.466. The Bertz CT molecular complexity index is 224. The maximum absolute atomic E-state index is 5.64. The van der Waals surface area contributed by atoms with Gasteiger partial charge in [-0.25, -0.2) is 0 Å². The van der Waals surface area contributed by atoms with Gasteiger partial charge in [-0.3, -0.25) is 0 Å². The van der Waals surface area contributed by atoms with Crippen LogP contribution in [0.25, 0.3) is 0 Å². The molecule has 0 heterocycles. The Morgan fingerprint density at radius 2 is 1.89 bits per heavy atom. The molecule has 3 unspecified atom stereocenters. The number of rotatable bonds is 9. The summed E-state index contributed by atoms with van der Waals surface area (Å²) in [4.78, 5) is 0. The molecule has 0 aliphatic carbocycles. The molecule has 5 heteroatoms. The van der Waals surface area contributed by atoms with Gasteiger partial charge in [-0.05, 0) is 58.1 Å². The van der Waals surface area contributed by atoms with Crippen molar-refractivity contribution in [3.8, 4) is 0 Å². The SMILES string of the molecule is CCCCC(C)OC(=S)SC(C)OC(C)OCC. The maximum atomic E-state index is 5.64. The fraction of sp³-hybridized carbons (Fsp3) is 0.923. The van der Waals surface area contributed by atoms with Gasteiger partial charge < -0.3 is 14.2 Å². The van der Waals surface area contributed by atoms with E-state index in [1.807, 2.05) is 20.8 Å². The molecule has 0 aliphatic rings. The molecule has 0 bridgehead atoms. The molecule has 0 N–H and O–H groups in total. The number of ether oxygens (including phenoxy) is 3. The molecular formula is C13H26O3S2. The van der Waals surface area contributed by atoms with E-state index in [1.165, 1.54) is 24.6 Å². The first-order valence-electron chi connectivity index (χ1n) is 6.63. The first kappa shape index (κ1) is 18.2. The lowest BCUT2D eigenvalue weighted by Crippen LogP contribution is -2.20. The van der Waals surface area contributed by atoms with Crippen LogP contribution in [0.2, 0.25) is 0 Å². The van der Waals surface area contributed by atoms with Crippen LogP contribution >= 0.6 is 24.0 Å². The lowest BCUT2D eigenvalue weighted by Gasteiger charge is -2.20. The van der Waals surface area contributed by atoms with Gasteiger partial charge in [0.05, 0.1) is 6.10 Å².